The minimum atomic E-state index is -0.179. The Bertz CT molecular complexity index is 1100. The third-order valence-corrected chi connectivity index (χ3v) is 6.33. The van der Waals surface area contributed by atoms with Crippen LogP contribution in [0.5, 0.6) is 5.75 Å². The van der Waals surface area contributed by atoms with Crippen LogP contribution in [0.2, 0.25) is 0 Å². The number of hydrogen-bond donors (Lipinski definition) is 2. The largest absolute Gasteiger partial charge is 0.497 e. The summed E-state index contributed by atoms with van der Waals surface area (Å²) in [6, 6.07) is 22.2. The number of anilines is 2. The Hall–Kier alpha value is -3.45. The Kier molecular flexibility index (Phi) is 6.66. The molecule has 164 valence electrons. The number of methoxy groups -OCH3 is 1. The van der Waals surface area contributed by atoms with Crippen molar-refractivity contribution in [3.63, 3.8) is 0 Å². The number of fused-ring (bicyclic) bond motifs is 1. The molecule has 1 aliphatic heterocycles. The maximum atomic E-state index is 12.9. The Morgan fingerprint density at radius 1 is 1.03 bits per heavy atom. The summed E-state index contributed by atoms with van der Waals surface area (Å²) in [5.41, 5.74) is 3.08. The molecule has 3 aromatic carbocycles. The Labute approximate surface area is 192 Å². The smallest absolute Gasteiger partial charge is 0.326 e. The molecule has 2 N–H and O–H groups in total. The highest BCUT2D eigenvalue weighted by atomic mass is 32.2. The number of carbonyl (C=O) groups is 2. The van der Waals surface area contributed by atoms with Crippen molar-refractivity contribution in [1.82, 2.24) is 5.32 Å². The van der Waals surface area contributed by atoms with E-state index in [2.05, 4.69) is 17.6 Å². The van der Waals surface area contributed by atoms with Crippen LogP contribution in [0.3, 0.4) is 0 Å². The first-order chi connectivity index (χ1) is 15.5. The van der Waals surface area contributed by atoms with Crippen LogP contribution >= 0.6 is 11.8 Å². The van der Waals surface area contributed by atoms with E-state index in [0.29, 0.717) is 29.6 Å². The zero-order valence-corrected chi connectivity index (χ0v) is 18.8. The molecule has 1 unspecified atom stereocenters. The van der Waals surface area contributed by atoms with E-state index in [0.717, 1.165) is 21.9 Å². The fourth-order valence-electron chi connectivity index (χ4n) is 3.51. The first kappa shape index (κ1) is 21.8. The van der Waals surface area contributed by atoms with E-state index in [1.807, 2.05) is 48.5 Å². The SMILES string of the molecule is COc1ccc(CNC(=O)c2ccc(NC(=O)N3CC(C)Sc4ccccc43)cc2)cc1. The molecule has 6 nitrogen and oxygen atoms in total. The van der Waals surface area contributed by atoms with Crippen molar-refractivity contribution in [1.29, 1.82) is 0 Å². The second-order valence-electron chi connectivity index (χ2n) is 7.55. The van der Waals surface area contributed by atoms with Gasteiger partial charge in [-0.2, -0.15) is 0 Å². The molecule has 0 fully saturated rings. The first-order valence-electron chi connectivity index (χ1n) is 10.4. The third-order valence-electron chi connectivity index (χ3n) is 5.18. The number of nitrogens with one attached hydrogen (secondary N) is 2. The number of ether oxygens (including phenoxy) is 1. The number of urea groups is 1. The fourth-order valence-corrected chi connectivity index (χ4v) is 4.62. The van der Waals surface area contributed by atoms with Crippen LogP contribution in [0.15, 0.2) is 77.7 Å². The lowest BCUT2D eigenvalue weighted by atomic mass is 10.1. The number of benzene rings is 3. The molecular weight excluding hydrogens is 422 g/mol. The van der Waals surface area contributed by atoms with Crippen molar-refractivity contribution in [2.45, 2.75) is 23.6 Å². The van der Waals surface area contributed by atoms with Crippen molar-refractivity contribution in [2.24, 2.45) is 0 Å². The van der Waals surface area contributed by atoms with Crippen molar-refractivity contribution >= 4 is 35.1 Å². The minimum absolute atomic E-state index is 0.172. The zero-order chi connectivity index (χ0) is 22.5. The number of para-hydroxylation sites is 1. The summed E-state index contributed by atoms with van der Waals surface area (Å²) in [6.07, 6.45) is 0. The van der Waals surface area contributed by atoms with Gasteiger partial charge in [-0.25, -0.2) is 4.79 Å². The fraction of sp³-hybridized carbons (Fsp3) is 0.200. The Balaban J connectivity index is 1.36. The highest BCUT2D eigenvalue weighted by Crippen LogP contribution is 2.38. The zero-order valence-electron chi connectivity index (χ0n) is 18.0. The molecule has 1 heterocycles. The lowest BCUT2D eigenvalue weighted by Crippen LogP contribution is -2.41. The number of thioether (sulfide) groups is 1. The summed E-state index contributed by atoms with van der Waals surface area (Å²) in [5, 5.41) is 6.16. The predicted octanol–water partition coefficient (Wildman–Crippen LogP) is 5.16. The first-order valence-corrected chi connectivity index (χ1v) is 11.3. The van der Waals surface area contributed by atoms with Crippen LogP contribution in [0.1, 0.15) is 22.8 Å². The number of rotatable bonds is 5. The van der Waals surface area contributed by atoms with E-state index in [-0.39, 0.29) is 11.9 Å². The van der Waals surface area contributed by atoms with Gasteiger partial charge < -0.3 is 15.4 Å². The summed E-state index contributed by atoms with van der Waals surface area (Å²) in [4.78, 5) is 28.3. The van der Waals surface area contributed by atoms with Crippen LogP contribution in [0.4, 0.5) is 16.2 Å². The van der Waals surface area contributed by atoms with Crippen LogP contribution in [-0.4, -0.2) is 30.8 Å². The minimum Gasteiger partial charge on any atom is -0.497 e. The summed E-state index contributed by atoms with van der Waals surface area (Å²) >= 11 is 1.78. The van der Waals surface area contributed by atoms with Crippen molar-refractivity contribution in [3.05, 3.63) is 83.9 Å². The Morgan fingerprint density at radius 2 is 1.75 bits per heavy atom. The molecule has 3 amide bonds. The number of amides is 3. The molecule has 1 aliphatic rings. The average molecular weight is 448 g/mol. The van der Waals surface area contributed by atoms with Gasteiger partial charge in [0.2, 0.25) is 0 Å². The van der Waals surface area contributed by atoms with E-state index >= 15 is 0 Å². The predicted molar refractivity (Wildman–Crippen MR) is 129 cm³/mol. The van der Waals surface area contributed by atoms with Crippen molar-refractivity contribution < 1.29 is 14.3 Å². The molecule has 0 aliphatic carbocycles. The van der Waals surface area contributed by atoms with Crippen LogP contribution in [0, 0.1) is 0 Å². The van der Waals surface area contributed by atoms with Gasteiger partial charge in [0.15, 0.2) is 0 Å². The highest BCUT2D eigenvalue weighted by molar-refractivity contribution is 8.00. The maximum Gasteiger partial charge on any atom is 0.326 e. The molecule has 0 radical (unpaired) electrons. The van der Waals surface area contributed by atoms with Gasteiger partial charge in [0.05, 0.1) is 12.8 Å². The maximum absolute atomic E-state index is 12.9. The molecule has 7 heteroatoms. The van der Waals surface area contributed by atoms with Gasteiger partial charge >= 0.3 is 6.03 Å². The van der Waals surface area contributed by atoms with Crippen LogP contribution in [-0.2, 0) is 6.54 Å². The monoisotopic (exact) mass is 447 g/mol. The topological polar surface area (TPSA) is 70.7 Å². The lowest BCUT2D eigenvalue weighted by Gasteiger charge is -2.32. The van der Waals surface area contributed by atoms with E-state index in [9.17, 15) is 9.59 Å². The van der Waals surface area contributed by atoms with Gasteiger partial charge in [-0.1, -0.05) is 31.2 Å². The molecule has 32 heavy (non-hydrogen) atoms. The standard InChI is InChI=1S/C25H25N3O3S/c1-17-16-28(22-5-3-4-6-23(22)32-17)25(30)27-20-11-9-19(10-12-20)24(29)26-15-18-7-13-21(31-2)14-8-18/h3-14,17H,15-16H2,1-2H3,(H,26,29)(H,27,30). The van der Waals surface area contributed by atoms with Gasteiger partial charge in [-0.05, 0) is 54.1 Å². The molecule has 0 bridgehead atoms. The Morgan fingerprint density at radius 3 is 2.47 bits per heavy atom. The molecule has 0 spiro atoms. The molecule has 1 atom stereocenters. The van der Waals surface area contributed by atoms with Crippen LogP contribution < -0.4 is 20.3 Å². The molecule has 3 aromatic rings. The summed E-state index contributed by atoms with van der Waals surface area (Å²) in [5.74, 6) is 0.605. The van der Waals surface area contributed by atoms with Crippen LogP contribution in [0.25, 0.3) is 0 Å². The average Bonchev–Trinajstić information content (AvgIpc) is 2.82. The van der Waals surface area contributed by atoms with E-state index < -0.39 is 0 Å². The third kappa shape index (κ3) is 5.06. The summed E-state index contributed by atoms with van der Waals surface area (Å²) < 4.78 is 5.14. The molecule has 0 saturated heterocycles. The second kappa shape index (κ2) is 9.78. The number of hydrogen-bond acceptors (Lipinski definition) is 4. The van der Waals surface area contributed by atoms with E-state index in [1.165, 1.54) is 0 Å². The summed E-state index contributed by atoms with van der Waals surface area (Å²) in [7, 11) is 1.62. The van der Waals surface area contributed by atoms with Gasteiger partial charge in [0.25, 0.3) is 5.91 Å². The normalized spacial score (nSPS) is 14.9. The van der Waals surface area contributed by atoms with Crippen molar-refractivity contribution in [2.75, 3.05) is 23.9 Å². The van der Waals surface area contributed by atoms with Gasteiger partial charge in [0.1, 0.15) is 5.75 Å². The number of carbonyl (C=O) groups excluding carboxylic acids is 2. The summed E-state index contributed by atoms with van der Waals surface area (Å²) in [6.45, 7) is 3.17. The van der Waals surface area contributed by atoms with Gasteiger partial charge in [-0.15, -0.1) is 11.8 Å². The van der Waals surface area contributed by atoms with Crippen molar-refractivity contribution in [3.8, 4) is 5.75 Å². The second-order valence-corrected chi connectivity index (χ2v) is 9.03. The number of nitrogens with zero attached hydrogens (tertiary/aromatic N) is 1. The highest BCUT2D eigenvalue weighted by Gasteiger charge is 2.26. The van der Waals surface area contributed by atoms with Gasteiger partial charge in [-0.3, -0.25) is 9.69 Å². The quantitative estimate of drug-likeness (QED) is 0.567. The molecule has 0 aromatic heterocycles. The van der Waals surface area contributed by atoms with Gasteiger partial charge in [0, 0.05) is 34.5 Å². The molecule has 0 saturated carbocycles. The molecule has 4 rings (SSSR count). The molecular formula is C25H25N3O3S. The van der Waals surface area contributed by atoms with E-state index in [1.54, 1.807) is 48.0 Å². The van der Waals surface area contributed by atoms with E-state index in [4.69, 9.17) is 4.74 Å². The lowest BCUT2D eigenvalue weighted by molar-refractivity contribution is 0.0951.